The first-order chi connectivity index (χ1) is 11.6. The molecule has 1 saturated heterocycles. The highest BCUT2D eigenvalue weighted by molar-refractivity contribution is 6.36. The topological polar surface area (TPSA) is 58.1 Å². The first kappa shape index (κ1) is 17.0. The number of anilines is 2. The Morgan fingerprint density at radius 1 is 1.08 bits per heavy atom. The highest BCUT2D eigenvalue weighted by atomic mass is 35.5. The molecule has 0 radical (unpaired) electrons. The Hall–Kier alpha value is -1.85. The van der Waals surface area contributed by atoms with E-state index < -0.39 is 0 Å². The van der Waals surface area contributed by atoms with Crippen molar-refractivity contribution in [2.75, 3.05) is 18.4 Å². The minimum absolute atomic E-state index is 0.0513. The number of aromatic nitrogens is 2. The molecule has 7 heteroatoms. The van der Waals surface area contributed by atoms with Gasteiger partial charge in [-0.1, -0.05) is 36.0 Å². The number of amides is 1. The van der Waals surface area contributed by atoms with Crippen LogP contribution in [0.4, 0.5) is 11.6 Å². The van der Waals surface area contributed by atoms with Crippen LogP contribution in [0.5, 0.6) is 0 Å². The van der Waals surface area contributed by atoms with E-state index in [1.807, 2.05) is 4.90 Å². The van der Waals surface area contributed by atoms with Gasteiger partial charge in [0.1, 0.15) is 5.69 Å². The molecule has 1 aliphatic heterocycles. The molecule has 0 aliphatic carbocycles. The van der Waals surface area contributed by atoms with Gasteiger partial charge in [0, 0.05) is 24.3 Å². The monoisotopic (exact) mass is 364 g/mol. The van der Waals surface area contributed by atoms with Crippen LogP contribution in [0.3, 0.4) is 0 Å². The minimum Gasteiger partial charge on any atom is -0.337 e. The van der Waals surface area contributed by atoms with Gasteiger partial charge < -0.3 is 10.2 Å². The summed E-state index contributed by atoms with van der Waals surface area (Å²) in [4.78, 5) is 23.0. The van der Waals surface area contributed by atoms with Gasteiger partial charge in [-0.3, -0.25) is 4.79 Å². The van der Waals surface area contributed by atoms with Crippen molar-refractivity contribution in [2.24, 2.45) is 0 Å². The summed E-state index contributed by atoms with van der Waals surface area (Å²) in [5.74, 6) is 0.282. The van der Waals surface area contributed by atoms with E-state index in [1.165, 1.54) is 12.8 Å². The van der Waals surface area contributed by atoms with Gasteiger partial charge >= 0.3 is 0 Å². The molecule has 2 aromatic rings. The van der Waals surface area contributed by atoms with E-state index >= 15 is 0 Å². The number of likely N-dealkylation sites (tertiary alicyclic amines) is 1. The van der Waals surface area contributed by atoms with E-state index in [-0.39, 0.29) is 5.91 Å². The Morgan fingerprint density at radius 3 is 2.54 bits per heavy atom. The smallest absolute Gasteiger partial charge is 0.272 e. The van der Waals surface area contributed by atoms with Gasteiger partial charge in [0.25, 0.3) is 5.91 Å². The second-order valence-corrected chi connectivity index (χ2v) is 6.56. The fraction of sp³-hybridized carbons (Fsp3) is 0.353. The largest absolute Gasteiger partial charge is 0.337 e. The number of nitrogens with one attached hydrogen (secondary N) is 1. The molecule has 0 bridgehead atoms. The Bertz CT molecular complexity index is 730. The highest BCUT2D eigenvalue weighted by Crippen LogP contribution is 2.27. The second-order valence-electron chi connectivity index (χ2n) is 5.72. The lowest BCUT2D eigenvalue weighted by Gasteiger charge is -2.19. The maximum Gasteiger partial charge on any atom is 0.272 e. The SMILES string of the molecule is O=C(c1ccnc(Nc2ccc(Cl)cc2Cl)n1)N1CCCCCC1. The molecule has 1 aromatic carbocycles. The molecule has 24 heavy (non-hydrogen) atoms. The van der Waals surface area contributed by atoms with E-state index in [4.69, 9.17) is 23.2 Å². The fourth-order valence-corrected chi connectivity index (χ4v) is 3.14. The Morgan fingerprint density at radius 2 is 1.83 bits per heavy atom. The molecular weight excluding hydrogens is 347 g/mol. The quantitative estimate of drug-likeness (QED) is 0.867. The average Bonchev–Trinajstić information content (AvgIpc) is 2.86. The lowest BCUT2D eigenvalue weighted by molar-refractivity contribution is 0.0755. The Kier molecular flexibility index (Phi) is 5.53. The van der Waals surface area contributed by atoms with Crippen LogP contribution in [0.25, 0.3) is 0 Å². The normalized spacial score (nSPS) is 15.0. The maximum atomic E-state index is 12.6. The second kappa shape index (κ2) is 7.81. The molecule has 0 atom stereocenters. The molecule has 5 nitrogen and oxygen atoms in total. The molecule has 1 amide bonds. The van der Waals surface area contributed by atoms with Crippen molar-refractivity contribution in [3.63, 3.8) is 0 Å². The van der Waals surface area contributed by atoms with Gasteiger partial charge in [-0.15, -0.1) is 0 Å². The van der Waals surface area contributed by atoms with Crippen LogP contribution < -0.4 is 5.32 Å². The Labute approximate surface area is 151 Å². The van der Waals surface area contributed by atoms with Crippen LogP contribution >= 0.6 is 23.2 Å². The number of carbonyl (C=O) groups excluding carboxylic acids is 1. The first-order valence-electron chi connectivity index (χ1n) is 7.98. The number of halogens is 2. The van der Waals surface area contributed by atoms with Crippen LogP contribution in [-0.2, 0) is 0 Å². The third kappa shape index (κ3) is 4.16. The average molecular weight is 365 g/mol. The van der Waals surface area contributed by atoms with Crippen molar-refractivity contribution >= 4 is 40.7 Å². The lowest BCUT2D eigenvalue weighted by Crippen LogP contribution is -2.32. The molecule has 1 aromatic heterocycles. The molecule has 0 spiro atoms. The predicted molar refractivity (Wildman–Crippen MR) is 96.1 cm³/mol. The summed E-state index contributed by atoms with van der Waals surface area (Å²) < 4.78 is 0. The minimum atomic E-state index is -0.0513. The number of hydrogen-bond acceptors (Lipinski definition) is 4. The standard InChI is InChI=1S/C17H18Cl2N4O/c18-12-5-6-14(13(19)11-12)21-17-20-8-7-15(22-17)16(24)23-9-3-1-2-4-10-23/h5-8,11H,1-4,9-10H2,(H,20,21,22). The number of carbonyl (C=O) groups is 1. The summed E-state index contributed by atoms with van der Waals surface area (Å²) in [5.41, 5.74) is 1.03. The van der Waals surface area contributed by atoms with Gasteiger partial charge in [0.15, 0.2) is 0 Å². The van der Waals surface area contributed by atoms with Crippen molar-refractivity contribution in [3.8, 4) is 0 Å². The van der Waals surface area contributed by atoms with Gasteiger partial charge in [-0.2, -0.15) is 0 Å². The summed E-state index contributed by atoms with van der Waals surface area (Å²) in [6, 6.07) is 6.75. The van der Waals surface area contributed by atoms with Gasteiger partial charge in [0.05, 0.1) is 10.7 Å². The van der Waals surface area contributed by atoms with Gasteiger partial charge in [0.2, 0.25) is 5.95 Å². The summed E-state index contributed by atoms with van der Waals surface area (Å²) in [5, 5.41) is 4.05. The molecular formula is C17H18Cl2N4O. The zero-order chi connectivity index (χ0) is 16.9. The van der Waals surface area contributed by atoms with Crippen molar-refractivity contribution < 1.29 is 4.79 Å². The highest BCUT2D eigenvalue weighted by Gasteiger charge is 2.19. The molecule has 126 valence electrons. The van der Waals surface area contributed by atoms with E-state index in [9.17, 15) is 4.79 Å². The number of rotatable bonds is 3. The number of nitrogens with zero attached hydrogens (tertiary/aromatic N) is 3. The van der Waals surface area contributed by atoms with Crippen LogP contribution in [-0.4, -0.2) is 33.9 Å². The zero-order valence-electron chi connectivity index (χ0n) is 13.1. The van der Waals surface area contributed by atoms with Gasteiger partial charge in [-0.25, -0.2) is 9.97 Å². The lowest BCUT2D eigenvalue weighted by atomic mass is 10.2. The predicted octanol–water partition coefficient (Wildman–Crippen LogP) is 4.54. The van der Waals surface area contributed by atoms with E-state index in [2.05, 4.69) is 15.3 Å². The van der Waals surface area contributed by atoms with Crippen LogP contribution in [0.15, 0.2) is 30.5 Å². The fourth-order valence-electron chi connectivity index (χ4n) is 2.69. The molecule has 0 unspecified atom stereocenters. The van der Waals surface area contributed by atoms with Crippen LogP contribution in [0, 0.1) is 0 Å². The molecule has 0 saturated carbocycles. The van der Waals surface area contributed by atoms with Crippen molar-refractivity contribution in [2.45, 2.75) is 25.7 Å². The third-order valence-electron chi connectivity index (χ3n) is 3.95. The van der Waals surface area contributed by atoms with Crippen LogP contribution in [0.2, 0.25) is 10.0 Å². The van der Waals surface area contributed by atoms with Gasteiger partial charge in [-0.05, 0) is 37.1 Å². The van der Waals surface area contributed by atoms with Crippen molar-refractivity contribution in [3.05, 3.63) is 46.2 Å². The number of benzene rings is 1. The summed E-state index contributed by atoms with van der Waals surface area (Å²) in [6.07, 6.45) is 6.01. The summed E-state index contributed by atoms with van der Waals surface area (Å²) in [7, 11) is 0. The third-order valence-corrected chi connectivity index (χ3v) is 4.49. The zero-order valence-corrected chi connectivity index (χ0v) is 14.6. The van der Waals surface area contributed by atoms with Crippen molar-refractivity contribution in [1.82, 2.24) is 14.9 Å². The molecule has 2 heterocycles. The summed E-state index contributed by atoms with van der Waals surface area (Å²) in [6.45, 7) is 1.57. The molecule has 1 fully saturated rings. The van der Waals surface area contributed by atoms with E-state index in [0.29, 0.717) is 27.4 Å². The molecule has 1 N–H and O–H groups in total. The maximum absolute atomic E-state index is 12.6. The molecule has 3 rings (SSSR count). The molecule has 1 aliphatic rings. The van der Waals surface area contributed by atoms with E-state index in [1.54, 1.807) is 30.5 Å². The van der Waals surface area contributed by atoms with Crippen molar-refractivity contribution in [1.29, 1.82) is 0 Å². The Balaban J connectivity index is 1.77. The van der Waals surface area contributed by atoms with Crippen LogP contribution in [0.1, 0.15) is 36.2 Å². The first-order valence-corrected chi connectivity index (χ1v) is 8.73. The summed E-state index contributed by atoms with van der Waals surface area (Å²) >= 11 is 12.0. The number of hydrogen-bond donors (Lipinski definition) is 1. The van der Waals surface area contributed by atoms with E-state index in [0.717, 1.165) is 25.9 Å².